The van der Waals surface area contributed by atoms with Crippen LogP contribution in [-0.2, 0) is 20.0 Å². The number of fused-ring (bicyclic) bond motifs is 1. The fourth-order valence-corrected chi connectivity index (χ4v) is 7.14. The van der Waals surface area contributed by atoms with Crippen molar-refractivity contribution >= 4 is 42.7 Å². The zero-order valence-corrected chi connectivity index (χ0v) is 18.4. The first-order valence-electron chi connectivity index (χ1n) is 9.13. The predicted octanol–water partition coefficient (Wildman–Crippen LogP) is 3.33. The monoisotopic (exact) mass is 453 g/mol. The van der Waals surface area contributed by atoms with Gasteiger partial charge in [0.25, 0.3) is 20.0 Å². The van der Waals surface area contributed by atoms with E-state index >= 15 is 0 Å². The molecule has 0 radical (unpaired) electrons. The molecule has 1 aliphatic heterocycles. The van der Waals surface area contributed by atoms with Crippen LogP contribution in [0.1, 0.15) is 24.0 Å². The normalized spacial score (nSPS) is 16.0. The van der Waals surface area contributed by atoms with Crippen LogP contribution < -0.4 is 0 Å². The van der Waals surface area contributed by atoms with Crippen molar-refractivity contribution in [3.05, 3.63) is 52.7 Å². The molecule has 7 nitrogen and oxygen atoms in total. The van der Waals surface area contributed by atoms with Crippen LogP contribution in [0.3, 0.4) is 0 Å². The van der Waals surface area contributed by atoms with Crippen LogP contribution in [0.2, 0.25) is 5.02 Å². The minimum atomic E-state index is -4.22. The summed E-state index contributed by atoms with van der Waals surface area (Å²) >= 11 is 6.38. The molecule has 0 unspecified atom stereocenters. The molecule has 4 rings (SSSR count). The summed E-state index contributed by atoms with van der Waals surface area (Å²) in [4.78, 5) is 4.21. The summed E-state index contributed by atoms with van der Waals surface area (Å²) in [5, 5.41) is 0.237. The van der Waals surface area contributed by atoms with Crippen molar-refractivity contribution in [3.63, 3.8) is 0 Å². The van der Waals surface area contributed by atoms with Crippen molar-refractivity contribution < 1.29 is 16.8 Å². The zero-order valence-electron chi connectivity index (χ0n) is 16.0. The van der Waals surface area contributed by atoms with Gasteiger partial charge >= 0.3 is 0 Å². The number of aromatic nitrogens is 2. The summed E-state index contributed by atoms with van der Waals surface area (Å²) in [7, 11) is -8.26. The number of benzene rings is 1. The number of hydrogen-bond donors (Lipinski definition) is 0. The number of hydrogen-bond acceptors (Lipinski definition) is 5. The van der Waals surface area contributed by atoms with Crippen LogP contribution in [0.25, 0.3) is 11.0 Å². The summed E-state index contributed by atoms with van der Waals surface area (Å²) in [5.74, 6) is 0. The van der Waals surface area contributed by atoms with Crippen molar-refractivity contribution in [1.29, 1.82) is 0 Å². The summed E-state index contributed by atoms with van der Waals surface area (Å²) in [6.07, 6.45) is 2.92. The molecular formula is C19H20ClN3O4S2. The van der Waals surface area contributed by atoms with E-state index in [4.69, 9.17) is 11.6 Å². The first kappa shape index (κ1) is 20.3. The van der Waals surface area contributed by atoms with E-state index < -0.39 is 20.0 Å². The highest BCUT2D eigenvalue weighted by molar-refractivity contribution is 7.92. The van der Waals surface area contributed by atoms with Crippen molar-refractivity contribution in [1.82, 2.24) is 13.3 Å². The molecule has 2 aromatic heterocycles. The fourth-order valence-electron chi connectivity index (χ4n) is 3.46. The molecule has 0 amide bonds. The predicted molar refractivity (Wildman–Crippen MR) is 111 cm³/mol. The van der Waals surface area contributed by atoms with E-state index in [0.717, 1.165) is 22.4 Å². The Morgan fingerprint density at radius 1 is 0.966 bits per heavy atom. The van der Waals surface area contributed by atoms with Gasteiger partial charge in [-0.25, -0.2) is 25.8 Å². The topological polar surface area (TPSA) is 89.3 Å². The van der Waals surface area contributed by atoms with E-state index in [1.54, 1.807) is 19.1 Å². The van der Waals surface area contributed by atoms with Gasteiger partial charge in [-0.3, -0.25) is 0 Å². The average Bonchev–Trinajstić information content (AvgIpc) is 3.34. The number of pyridine rings is 1. The molecule has 3 heterocycles. The largest absolute Gasteiger partial charge is 0.270 e. The van der Waals surface area contributed by atoms with Gasteiger partial charge in [0.1, 0.15) is 0 Å². The Balaban J connectivity index is 2.06. The van der Waals surface area contributed by atoms with Crippen molar-refractivity contribution in [2.45, 2.75) is 36.6 Å². The fraction of sp³-hybridized carbons (Fsp3) is 0.316. The third-order valence-corrected chi connectivity index (χ3v) is 9.30. The summed E-state index contributed by atoms with van der Waals surface area (Å²) in [6.45, 7) is 4.29. The summed E-state index contributed by atoms with van der Waals surface area (Å²) in [5.41, 5.74) is 1.52. The van der Waals surface area contributed by atoms with Crippen LogP contribution >= 0.6 is 11.6 Å². The molecule has 29 heavy (non-hydrogen) atoms. The van der Waals surface area contributed by atoms with Gasteiger partial charge in [0.2, 0.25) is 0 Å². The molecule has 1 fully saturated rings. The van der Waals surface area contributed by atoms with E-state index in [1.165, 1.54) is 28.7 Å². The molecule has 0 aliphatic carbocycles. The Morgan fingerprint density at radius 2 is 1.59 bits per heavy atom. The first-order chi connectivity index (χ1) is 13.6. The zero-order chi connectivity index (χ0) is 21.0. The van der Waals surface area contributed by atoms with E-state index in [0.29, 0.717) is 24.0 Å². The number of nitrogens with zero attached hydrogens (tertiary/aromatic N) is 3. The molecule has 10 heteroatoms. The maximum Gasteiger partial charge on any atom is 0.270 e. The molecule has 1 aliphatic rings. The third kappa shape index (κ3) is 3.26. The molecule has 154 valence electrons. The Morgan fingerprint density at radius 3 is 2.21 bits per heavy atom. The Kier molecular flexibility index (Phi) is 4.97. The Labute approximate surface area is 175 Å². The first-order valence-corrected chi connectivity index (χ1v) is 12.4. The number of aryl methyl sites for hydroxylation is 2. The van der Waals surface area contributed by atoms with Gasteiger partial charge in [0.05, 0.1) is 9.92 Å². The lowest BCUT2D eigenvalue weighted by Crippen LogP contribution is -2.31. The Bertz CT molecular complexity index is 1310. The van der Waals surface area contributed by atoms with Crippen LogP contribution in [0.4, 0.5) is 0 Å². The highest BCUT2D eigenvalue weighted by atomic mass is 35.5. The standard InChI is InChI=1S/C19H20ClN3O4S2/c1-13-5-7-15(8-6-13)28(24,25)23-17(29(26,27)22-9-3-4-10-22)11-16-18(20)14(2)12-21-19(16)23/h5-8,11-12H,3-4,9-10H2,1-2H3. The van der Waals surface area contributed by atoms with E-state index in [2.05, 4.69) is 4.98 Å². The maximum absolute atomic E-state index is 13.5. The van der Waals surface area contributed by atoms with E-state index in [-0.39, 0.29) is 20.6 Å². The highest BCUT2D eigenvalue weighted by Crippen LogP contribution is 2.34. The lowest BCUT2D eigenvalue weighted by atomic mass is 10.2. The molecule has 1 aromatic carbocycles. The third-order valence-electron chi connectivity index (χ3n) is 5.09. The van der Waals surface area contributed by atoms with E-state index in [9.17, 15) is 16.8 Å². The lowest BCUT2D eigenvalue weighted by Gasteiger charge is -2.17. The van der Waals surface area contributed by atoms with Crippen LogP contribution in [-0.4, -0.2) is 43.2 Å². The smallest absolute Gasteiger partial charge is 0.237 e. The quantitative estimate of drug-likeness (QED) is 0.604. The van der Waals surface area contributed by atoms with Crippen molar-refractivity contribution in [3.8, 4) is 0 Å². The molecule has 0 bridgehead atoms. The molecule has 0 saturated carbocycles. The summed E-state index contributed by atoms with van der Waals surface area (Å²) < 4.78 is 55.8. The number of rotatable bonds is 4. The minimum absolute atomic E-state index is 0.000975. The molecule has 1 saturated heterocycles. The van der Waals surface area contributed by atoms with Crippen LogP contribution in [0.15, 0.2) is 46.5 Å². The van der Waals surface area contributed by atoms with Gasteiger partial charge in [-0.2, -0.15) is 4.31 Å². The SMILES string of the molecule is Cc1ccc(S(=O)(=O)n2c(S(=O)(=O)N3CCCC3)cc3c(Cl)c(C)cnc32)cc1. The van der Waals surface area contributed by atoms with Gasteiger partial charge in [-0.15, -0.1) is 0 Å². The van der Waals surface area contributed by atoms with Crippen LogP contribution in [0.5, 0.6) is 0 Å². The number of sulfonamides is 1. The van der Waals surface area contributed by atoms with E-state index in [1.807, 2.05) is 6.92 Å². The second kappa shape index (κ2) is 7.09. The Hall–Kier alpha value is -1.94. The second-order valence-electron chi connectivity index (χ2n) is 7.17. The molecule has 0 N–H and O–H groups in total. The minimum Gasteiger partial charge on any atom is -0.237 e. The van der Waals surface area contributed by atoms with Gasteiger partial charge in [0.15, 0.2) is 10.7 Å². The van der Waals surface area contributed by atoms with Crippen LogP contribution in [0, 0.1) is 13.8 Å². The highest BCUT2D eigenvalue weighted by Gasteiger charge is 2.36. The van der Waals surface area contributed by atoms with Crippen molar-refractivity contribution in [2.75, 3.05) is 13.1 Å². The average molecular weight is 454 g/mol. The number of halogens is 1. The van der Waals surface area contributed by atoms with Gasteiger partial charge in [-0.05, 0) is 50.5 Å². The van der Waals surface area contributed by atoms with Gasteiger partial charge < -0.3 is 0 Å². The maximum atomic E-state index is 13.5. The molecule has 3 aromatic rings. The molecule has 0 spiro atoms. The molecule has 0 atom stereocenters. The summed E-state index contributed by atoms with van der Waals surface area (Å²) in [6, 6.07) is 7.56. The van der Waals surface area contributed by atoms with Gasteiger partial charge in [0, 0.05) is 24.7 Å². The molecular weight excluding hydrogens is 434 g/mol. The van der Waals surface area contributed by atoms with Gasteiger partial charge in [-0.1, -0.05) is 29.3 Å². The second-order valence-corrected chi connectivity index (χ2v) is 11.2. The van der Waals surface area contributed by atoms with Crippen molar-refractivity contribution in [2.24, 2.45) is 0 Å². The lowest BCUT2D eigenvalue weighted by molar-refractivity contribution is 0.473.